The van der Waals surface area contributed by atoms with Crippen molar-refractivity contribution in [3.05, 3.63) is 52.1 Å². The van der Waals surface area contributed by atoms with Crippen molar-refractivity contribution in [1.29, 1.82) is 0 Å². The topological polar surface area (TPSA) is 34.4 Å². The molecule has 0 saturated heterocycles. The van der Waals surface area contributed by atoms with E-state index in [4.69, 9.17) is 9.15 Å². The molecule has 0 atom stereocenters. The minimum absolute atomic E-state index is 0.283. The first kappa shape index (κ1) is 13.1. The summed E-state index contributed by atoms with van der Waals surface area (Å²) in [5.41, 5.74) is 1.04. The van der Waals surface area contributed by atoms with Gasteiger partial charge < -0.3 is 14.5 Å². The molecule has 18 heavy (non-hydrogen) atoms. The predicted octanol–water partition coefficient (Wildman–Crippen LogP) is 3.48. The summed E-state index contributed by atoms with van der Waals surface area (Å²) in [5, 5.41) is 3.04. The molecule has 2 rings (SSSR count). The second kappa shape index (κ2) is 6.02. The largest absolute Gasteiger partial charge is 0.486 e. The van der Waals surface area contributed by atoms with Crippen molar-refractivity contribution in [2.75, 3.05) is 7.05 Å². The summed E-state index contributed by atoms with van der Waals surface area (Å²) in [4.78, 5) is 0. The molecule has 1 heterocycles. The quantitative estimate of drug-likeness (QED) is 0.917. The molecule has 0 radical (unpaired) electrons. The Labute approximate surface area is 113 Å². The van der Waals surface area contributed by atoms with Gasteiger partial charge in [0.1, 0.15) is 23.9 Å². The van der Waals surface area contributed by atoms with Crippen LogP contribution in [0, 0.1) is 5.82 Å². The highest BCUT2D eigenvalue weighted by atomic mass is 79.9. The third-order valence-electron chi connectivity index (χ3n) is 2.47. The third-order valence-corrected chi connectivity index (χ3v) is 3.11. The average molecular weight is 314 g/mol. The maximum absolute atomic E-state index is 13.3. The summed E-state index contributed by atoms with van der Waals surface area (Å²) < 4.78 is 24.5. The van der Waals surface area contributed by atoms with E-state index in [1.165, 1.54) is 6.07 Å². The zero-order valence-corrected chi connectivity index (χ0v) is 11.5. The van der Waals surface area contributed by atoms with Gasteiger partial charge in [0.25, 0.3) is 0 Å². The number of halogens is 2. The van der Waals surface area contributed by atoms with E-state index in [9.17, 15) is 4.39 Å². The highest BCUT2D eigenvalue weighted by Gasteiger charge is 2.07. The molecule has 0 aliphatic rings. The molecular formula is C13H13BrFNO2. The first-order chi connectivity index (χ1) is 8.70. The normalized spacial score (nSPS) is 10.6. The molecule has 0 saturated carbocycles. The van der Waals surface area contributed by atoms with Gasteiger partial charge in [0.05, 0.1) is 10.7 Å². The Balaban J connectivity index is 2.02. The molecule has 3 nitrogen and oxygen atoms in total. The number of furan rings is 1. The van der Waals surface area contributed by atoms with E-state index < -0.39 is 0 Å². The van der Waals surface area contributed by atoms with E-state index in [1.54, 1.807) is 18.4 Å². The number of ether oxygens (including phenoxy) is 1. The molecule has 96 valence electrons. The Morgan fingerprint density at radius 1 is 1.39 bits per heavy atom. The molecule has 2 aromatic rings. The van der Waals surface area contributed by atoms with Gasteiger partial charge in [0, 0.05) is 18.2 Å². The second-order valence-electron chi connectivity index (χ2n) is 3.76. The number of rotatable bonds is 5. The molecule has 0 aliphatic carbocycles. The van der Waals surface area contributed by atoms with Crippen molar-refractivity contribution in [2.45, 2.75) is 13.2 Å². The van der Waals surface area contributed by atoms with Crippen LogP contribution in [0.2, 0.25) is 0 Å². The smallest absolute Gasteiger partial charge is 0.146 e. The Kier molecular flexibility index (Phi) is 4.38. The van der Waals surface area contributed by atoms with Gasteiger partial charge in [-0.15, -0.1) is 0 Å². The SMILES string of the molecule is CNCc1ccoc1COc1ccc(Br)c(F)c1. The van der Waals surface area contributed by atoms with Crippen molar-refractivity contribution in [3.8, 4) is 5.75 Å². The molecule has 0 spiro atoms. The molecule has 0 fully saturated rings. The minimum Gasteiger partial charge on any atom is -0.486 e. The van der Waals surface area contributed by atoms with Crippen LogP contribution in [0.25, 0.3) is 0 Å². The van der Waals surface area contributed by atoms with Gasteiger partial charge in [-0.05, 0) is 41.2 Å². The number of benzene rings is 1. The van der Waals surface area contributed by atoms with Crippen LogP contribution in [0.4, 0.5) is 4.39 Å². The lowest BCUT2D eigenvalue weighted by atomic mass is 10.2. The number of hydrogen-bond acceptors (Lipinski definition) is 3. The summed E-state index contributed by atoms with van der Waals surface area (Å²) in [7, 11) is 1.86. The third kappa shape index (κ3) is 3.11. The van der Waals surface area contributed by atoms with Crippen LogP contribution in [0.5, 0.6) is 5.75 Å². The average Bonchev–Trinajstić information content (AvgIpc) is 2.79. The Morgan fingerprint density at radius 3 is 2.94 bits per heavy atom. The van der Waals surface area contributed by atoms with Gasteiger partial charge in [-0.3, -0.25) is 0 Å². The molecule has 1 N–H and O–H groups in total. The number of nitrogens with one attached hydrogen (secondary N) is 1. The maximum Gasteiger partial charge on any atom is 0.146 e. The Morgan fingerprint density at radius 2 is 2.22 bits per heavy atom. The van der Waals surface area contributed by atoms with Gasteiger partial charge >= 0.3 is 0 Å². The molecule has 0 unspecified atom stereocenters. The summed E-state index contributed by atoms with van der Waals surface area (Å²) in [6.07, 6.45) is 1.62. The second-order valence-corrected chi connectivity index (χ2v) is 4.62. The van der Waals surface area contributed by atoms with Gasteiger partial charge in [-0.25, -0.2) is 4.39 Å². The Hall–Kier alpha value is -1.33. The first-order valence-corrected chi connectivity index (χ1v) is 6.27. The lowest BCUT2D eigenvalue weighted by Crippen LogP contribution is -2.07. The molecule has 1 aromatic heterocycles. The fourth-order valence-corrected chi connectivity index (χ4v) is 1.80. The molecule has 1 aromatic carbocycles. The number of hydrogen-bond donors (Lipinski definition) is 1. The van der Waals surface area contributed by atoms with Crippen LogP contribution in [0.3, 0.4) is 0 Å². The maximum atomic E-state index is 13.3. The molecule has 5 heteroatoms. The van der Waals surface area contributed by atoms with Crippen molar-refractivity contribution in [3.63, 3.8) is 0 Å². The zero-order chi connectivity index (χ0) is 13.0. The molecule has 0 amide bonds. The predicted molar refractivity (Wildman–Crippen MR) is 69.9 cm³/mol. The van der Waals surface area contributed by atoms with Crippen LogP contribution >= 0.6 is 15.9 Å². The van der Waals surface area contributed by atoms with Gasteiger partial charge in [0.15, 0.2) is 0 Å². The van der Waals surface area contributed by atoms with E-state index in [0.29, 0.717) is 16.8 Å². The van der Waals surface area contributed by atoms with E-state index >= 15 is 0 Å². The summed E-state index contributed by atoms with van der Waals surface area (Å²) in [6, 6.07) is 6.54. The fourth-order valence-electron chi connectivity index (χ4n) is 1.56. The lowest BCUT2D eigenvalue weighted by Gasteiger charge is -2.06. The van der Waals surface area contributed by atoms with Crippen LogP contribution in [-0.2, 0) is 13.2 Å². The van der Waals surface area contributed by atoms with Gasteiger partial charge in [0.2, 0.25) is 0 Å². The van der Waals surface area contributed by atoms with Crippen molar-refractivity contribution in [1.82, 2.24) is 5.32 Å². The highest BCUT2D eigenvalue weighted by molar-refractivity contribution is 9.10. The first-order valence-electron chi connectivity index (χ1n) is 5.48. The highest BCUT2D eigenvalue weighted by Crippen LogP contribution is 2.22. The standard InChI is InChI=1S/C13H13BrFNO2/c1-16-7-9-4-5-17-13(9)8-18-10-2-3-11(14)12(15)6-10/h2-6,16H,7-8H2,1H3. The fraction of sp³-hybridized carbons (Fsp3) is 0.231. The van der Waals surface area contributed by atoms with E-state index in [0.717, 1.165) is 11.3 Å². The van der Waals surface area contributed by atoms with E-state index in [2.05, 4.69) is 21.2 Å². The molecular weight excluding hydrogens is 301 g/mol. The van der Waals surface area contributed by atoms with Crippen LogP contribution in [0.15, 0.2) is 39.4 Å². The lowest BCUT2D eigenvalue weighted by molar-refractivity contribution is 0.267. The van der Waals surface area contributed by atoms with E-state index in [-0.39, 0.29) is 12.4 Å². The monoisotopic (exact) mass is 313 g/mol. The van der Waals surface area contributed by atoms with Crippen molar-refractivity contribution >= 4 is 15.9 Å². The van der Waals surface area contributed by atoms with Crippen LogP contribution in [-0.4, -0.2) is 7.05 Å². The van der Waals surface area contributed by atoms with Gasteiger partial charge in [-0.2, -0.15) is 0 Å². The van der Waals surface area contributed by atoms with Crippen LogP contribution < -0.4 is 10.1 Å². The van der Waals surface area contributed by atoms with E-state index in [1.807, 2.05) is 13.1 Å². The summed E-state index contributed by atoms with van der Waals surface area (Å²) >= 11 is 3.09. The molecule has 0 bridgehead atoms. The van der Waals surface area contributed by atoms with Gasteiger partial charge in [-0.1, -0.05) is 0 Å². The minimum atomic E-state index is -0.345. The van der Waals surface area contributed by atoms with Crippen molar-refractivity contribution < 1.29 is 13.5 Å². The summed E-state index contributed by atoms with van der Waals surface area (Å²) in [5.74, 6) is 0.873. The zero-order valence-electron chi connectivity index (χ0n) is 9.87. The van der Waals surface area contributed by atoms with Crippen LogP contribution in [0.1, 0.15) is 11.3 Å². The van der Waals surface area contributed by atoms with Crippen molar-refractivity contribution in [2.24, 2.45) is 0 Å². The molecule has 0 aliphatic heterocycles. The summed E-state index contributed by atoms with van der Waals surface area (Å²) in [6.45, 7) is 0.995. The Bertz CT molecular complexity index is 527.